The molecule has 30 heavy (non-hydrogen) atoms. The van der Waals surface area contributed by atoms with Gasteiger partial charge in [-0.25, -0.2) is 19.9 Å². The van der Waals surface area contributed by atoms with Gasteiger partial charge in [0, 0.05) is 70.2 Å². The maximum absolute atomic E-state index is 4.89. The molecule has 154 valence electrons. The van der Waals surface area contributed by atoms with Crippen LogP contribution in [0.3, 0.4) is 0 Å². The maximum Gasteiger partial charge on any atom is 0.225 e. The van der Waals surface area contributed by atoms with Crippen molar-refractivity contribution < 1.29 is 0 Å². The molecule has 2 aliphatic heterocycles. The number of piperazine rings is 1. The molecule has 0 aliphatic carbocycles. The van der Waals surface area contributed by atoms with E-state index in [2.05, 4.69) is 55.0 Å². The molecule has 5 rings (SSSR count). The van der Waals surface area contributed by atoms with Gasteiger partial charge in [-0.05, 0) is 18.6 Å². The van der Waals surface area contributed by atoms with Gasteiger partial charge in [-0.15, -0.1) is 0 Å². The summed E-state index contributed by atoms with van der Waals surface area (Å²) in [5, 5.41) is 0. The molecule has 1 saturated heterocycles. The van der Waals surface area contributed by atoms with E-state index in [-0.39, 0.29) is 0 Å². The monoisotopic (exact) mass is 401 g/mol. The molecule has 0 bridgehead atoms. The second kappa shape index (κ2) is 8.36. The fraction of sp³-hybridized carbons (Fsp3) is 0.391. The van der Waals surface area contributed by atoms with Crippen LogP contribution in [0.2, 0.25) is 0 Å². The summed E-state index contributed by atoms with van der Waals surface area (Å²) in [6.45, 7) is 8.55. The van der Waals surface area contributed by atoms with Crippen molar-refractivity contribution in [1.82, 2.24) is 24.8 Å². The number of aromatic nitrogens is 4. The molecule has 0 atom stereocenters. The van der Waals surface area contributed by atoms with Gasteiger partial charge in [0.25, 0.3) is 0 Å². The van der Waals surface area contributed by atoms with Crippen molar-refractivity contribution in [1.29, 1.82) is 0 Å². The molecule has 2 aromatic heterocycles. The molecular weight excluding hydrogens is 374 g/mol. The number of benzene rings is 1. The van der Waals surface area contributed by atoms with Crippen LogP contribution in [0, 0.1) is 6.92 Å². The topological polar surface area (TPSA) is 61.3 Å². The molecule has 4 heterocycles. The maximum atomic E-state index is 4.89. The number of anilines is 2. The molecule has 7 nitrogen and oxygen atoms in total. The highest BCUT2D eigenvalue weighted by molar-refractivity contribution is 5.52. The first-order chi connectivity index (χ1) is 14.8. The highest BCUT2D eigenvalue weighted by Crippen LogP contribution is 2.28. The second-order valence-electron chi connectivity index (χ2n) is 7.99. The molecule has 3 aromatic rings. The first kappa shape index (κ1) is 18.9. The molecule has 1 fully saturated rings. The zero-order valence-corrected chi connectivity index (χ0v) is 17.4. The summed E-state index contributed by atoms with van der Waals surface area (Å²) in [4.78, 5) is 25.6. The number of aryl methyl sites for hydroxylation is 1. The molecule has 0 radical (unpaired) electrons. The Balaban J connectivity index is 1.33. The van der Waals surface area contributed by atoms with Gasteiger partial charge in [0.15, 0.2) is 0 Å². The predicted molar refractivity (Wildman–Crippen MR) is 117 cm³/mol. The highest BCUT2D eigenvalue weighted by Gasteiger charge is 2.27. The van der Waals surface area contributed by atoms with Crippen LogP contribution in [0.15, 0.2) is 48.8 Å². The van der Waals surface area contributed by atoms with Crippen molar-refractivity contribution in [3.8, 4) is 0 Å². The van der Waals surface area contributed by atoms with Gasteiger partial charge in [-0.1, -0.05) is 30.3 Å². The summed E-state index contributed by atoms with van der Waals surface area (Å²) in [6, 6.07) is 12.6. The van der Waals surface area contributed by atoms with Crippen LogP contribution in [0.25, 0.3) is 0 Å². The smallest absolute Gasteiger partial charge is 0.225 e. The Morgan fingerprint density at radius 1 is 0.833 bits per heavy atom. The lowest BCUT2D eigenvalue weighted by atomic mass is 10.0. The molecule has 2 aliphatic rings. The van der Waals surface area contributed by atoms with Crippen molar-refractivity contribution in [2.24, 2.45) is 0 Å². The van der Waals surface area contributed by atoms with Gasteiger partial charge in [0.2, 0.25) is 5.95 Å². The van der Waals surface area contributed by atoms with E-state index in [1.807, 2.05) is 13.0 Å². The van der Waals surface area contributed by atoms with E-state index in [1.54, 1.807) is 12.4 Å². The minimum Gasteiger partial charge on any atom is -0.353 e. The Morgan fingerprint density at radius 2 is 1.57 bits per heavy atom. The van der Waals surface area contributed by atoms with Gasteiger partial charge in [-0.3, -0.25) is 4.90 Å². The molecule has 7 heteroatoms. The van der Waals surface area contributed by atoms with Crippen LogP contribution >= 0.6 is 0 Å². The molecule has 0 amide bonds. The third-order valence-electron chi connectivity index (χ3n) is 5.89. The van der Waals surface area contributed by atoms with E-state index in [0.29, 0.717) is 0 Å². The first-order valence-electron chi connectivity index (χ1n) is 10.7. The van der Waals surface area contributed by atoms with Crippen LogP contribution in [-0.4, -0.2) is 57.6 Å². The second-order valence-corrected chi connectivity index (χ2v) is 7.99. The molecule has 1 aromatic carbocycles. The van der Waals surface area contributed by atoms with E-state index >= 15 is 0 Å². The number of nitrogens with zero attached hydrogens (tertiary/aromatic N) is 7. The summed E-state index contributed by atoms with van der Waals surface area (Å²) in [5.41, 5.74) is 3.87. The zero-order valence-electron chi connectivity index (χ0n) is 17.4. The fourth-order valence-corrected chi connectivity index (χ4v) is 4.38. The van der Waals surface area contributed by atoms with Crippen molar-refractivity contribution in [3.63, 3.8) is 0 Å². The highest BCUT2D eigenvalue weighted by atomic mass is 15.3. The Labute approximate surface area is 177 Å². The third-order valence-corrected chi connectivity index (χ3v) is 5.89. The molecule has 0 saturated carbocycles. The van der Waals surface area contributed by atoms with Crippen LogP contribution in [0.5, 0.6) is 0 Å². The number of fused-ring (bicyclic) bond motifs is 1. The third kappa shape index (κ3) is 3.98. The predicted octanol–water partition coefficient (Wildman–Crippen LogP) is 2.46. The average molecular weight is 402 g/mol. The van der Waals surface area contributed by atoms with Crippen molar-refractivity contribution in [2.75, 3.05) is 42.5 Å². The van der Waals surface area contributed by atoms with Crippen LogP contribution < -0.4 is 9.80 Å². The van der Waals surface area contributed by atoms with Gasteiger partial charge < -0.3 is 9.80 Å². The zero-order chi connectivity index (χ0) is 20.3. The van der Waals surface area contributed by atoms with Crippen molar-refractivity contribution in [3.05, 3.63) is 71.4 Å². The largest absolute Gasteiger partial charge is 0.353 e. The van der Waals surface area contributed by atoms with E-state index in [4.69, 9.17) is 9.97 Å². The normalized spacial score (nSPS) is 17.1. The van der Waals surface area contributed by atoms with Crippen molar-refractivity contribution >= 4 is 11.8 Å². The van der Waals surface area contributed by atoms with E-state index in [9.17, 15) is 0 Å². The van der Waals surface area contributed by atoms with Crippen LogP contribution in [0.1, 0.15) is 22.6 Å². The SMILES string of the molecule is Cc1nc2c(c(N3CCN(c4ncccn4)CC3)n1)CN(Cc1ccccc1)CC2. The number of hydrogen-bond donors (Lipinski definition) is 0. The van der Waals surface area contributed by atoms with Crippen LogP contribution in [-0.2, 0) is 19.5 Å². The molecule has 0 N–H and O–H groups in total. The summed E-state index contributed by atoms with van der Waals surface area (Å²) >= 11 is 0. The standard InChI is InChI=1S/C23H27N7/c1-18-26-21-8-11-28(16-19-6-3-2-4-7-19)17-20(21)22(27-18)29-12-14-30(15-13-29)23-24-9-5-10-25-23/h2-7,9-10H,8,11-17H2,1H3. The Morgan fingerprint density at radius 3 is 2.33 bits per heavy atom. The lowest BCUT2D eigenvalue weighted by Crippen LogP contribution is -2.48. The van der Waals surface area contributed by atoms with Gasteiger partial charge in [0.05, 0.1) is 5.69 Å². The van der Waals surface area contributed by atoms with Gasteiger partial charge in [-0.2, -0.15) is 0 Å². The van der Waals surface area contributed by atoms with E-state index < -0.39 is 0 Å². The van der Waals surface area contributed by atoms with Crippen LogP contribution in [0.4, 0.5) is 11.8 Å². The lowest BCUT2D eigenvalue weighted by molar-refractivity contribution is 0.243. The lowest BCUT2D eigenvalue weighted by Gasteiger charge is -2.38. The minimum absolute atomic E-state index is 0.812. The number of rotatable bonds is 4. The van der Waals surface area contributed by atoms with E-state index in [1.165, 1.54) is 16.8 Å². The average Bonchev–Trinajstić information content (AvgIpc) is 2.80. The molecule has 0 spiro atoms. The quantitative estimate of drug-likeness (QED) is 0.665. The minimum atomic E-state index is 0.812. The Kier molecular flexibility index (Phi) is 5.27. The van der Waals surface area contributed by atoms with Gasteiger partial charge in [0.1, 0.15) is 11.6 Å². The first-order valence-corrected chi connectivity index (χ1v) is 10.7. The van der Waals surface area contributed by atoms with E-state index in [0.717, 1.165) is 69.8 Å². The number of hydrogen-bond acceptors (Lipinski definition) is 7. The molecule has 0 unspecified atom stereocenters. The summed E-state index contributed by atoms with van der Waals surface area (Å²) < 4.78 is 0. The van der Waals surface area contributed by atoms with Gasteiger partial charge >= 0.3 is 0 Å². The summed E-state index contributed by atoms with van der Waals surface area (Å²) in [6.07, 6.45) is 4.59. The Hall–Kier alpha value is -3.06. The summed E-state index contributed by atoms with van der Waals surface area (Å²) in [5.74, 6) is 2.80. The fourth-order valence-electron chi connectivity index (χ4n) is 4.38. The Bertz CT molecular complexity index is 985. The molecular formula is C23H27N7. The summed E-state index contributed by atoms with van der Waals surface area (Å²) in [7, 11) is 0. The van der Waals surface area contributed by atoms with Crippen molar-refractivity contribution in [2.45, 2.75) is 26.4 Å².